The number of carboxylic acid groups (broad SMARTS) is 1. The van der Waals surface area contributed by atoms with Gasteiger partial charge in [-0.25, -0.2) is 4.79 Å². The van der Waals surface area contributed by atoms with Crippen LogP contribution in [0.4, 0.5) is 4.39 Å². The number of carboxylic acids is 1. The number of alkyl halides is 1. The Bertz CT molecular complexity index is 421. The van der Waals surface area contributed by atoms with Crippen molar-refractivity contribution in [3.63, 3.8) is 0 Å². The number of rotatable bonds is 2. The minimum atomic E-state index is -1.92. The molecule has 1 atom stereocenters. The lowest BCUT2D eigenvalue weighted by Gasteiger charge is -2.04. The van der Waals surface area contributed by atoms with Gasteiger partial charge in [-0.1, -0.05) is 0 Å². The van der Waals surface area contributed by atoms with E-state index < -0.39 is 12.5 Å². The molecule has 4 nitrogen and oxygen atoms in total. The Hall–Kier alpha value is -1.43. The minimum Gasteiger partial charge on any atom is -0.478 e. The molecule has 15 heavy (non-hydrogen) atoms. The molecule has 1 heterocycles. The van der Waals surface area contributed by atoms with E-state index in [2.05, 4.69) is 4.74 Å². The van der Waals surface area contributed by atoms with Crippen LogP contribution in [0, 0.1) is 0 Å². The molecule has 0 saturated heterocycles. The highest BCUT2D eigenvalue weighted by Crippen LogP contribution is 2.44. The lowest BCUT2D eigenvalue weighted by atomic mass is 10.2. The van der Waals surface area contributed by atoms with E-state index in [1.54, 1.807) is 12.3 Å². The summed E-state index contributed by atoms with van der Waals surface area (Å²) in [5.74, 6) is -1.05. The number of hydrogen-bond acceptors (Lipinski definition) is 4. The van der Waals surface area contributed by atoms with Crippen LogP contribution in [0.15, 0.2) is 17.0 Å². The van der Waals surface area contributed by atoms with Crippen molar-refractivity contribution in [2.45, 2.75) is 11.4 Å². The smallest absolute Gasteiger partial charge is 0.397 e. The van der Waals surface area contributed by atoms with Crippen LogP contribution in [0.3, 0.4) is 0 Å². The zero-order valence-electron chi connectivity index (χ0n) is 7.69. The Morgan fingerprint density at radius 2 is 2.13 bits per heavy atom. The van der Waals surface area contributed by atoms with E-state index >= 15 is 0 Å². The minimum absolute atomic E-state index is 0.0400. The molecule has 0 radical (unpaired) electrons. The standard InChI is InChI=1S/C9H7FO4S/c1-15-5-3-2-4(8(11)12)6-7(5)14-9(10)13-6/h2-3,9H,1H3,(H,11,12). The maximum atomic E-state index is 12.8. The molecule has 0 aromatic heterocycles. The SMILES string of the molecule is CSc1ccc(C(=O)O)c2c1OC(F)O2. The van der Waals surface area contributed by atoms with Gasteiger partial charge in [0.1, 0.15) is 5.56 Å². The summed E-state index contributed by atoms with van der Waals surface area (Å²) < 4.78 is 22.2. The molecule has 0 bridgehead atoms. The first kappa shape index (κ1) is 10.1. The molecule has 1 N–H and O–H groups in total. The quantitative estimate of drug-likeness (QED) is 0.789. The molecule has 0 saturated carbocycles. The zero-order valence-corrected chi connectivity index (χ0v) is 8.51. The van der Waals surface area contributed by atoms with Gasteiger partial charge in [-0.05, 0) is 18.4 Å². The predicted molar refractivity (Wildman–Crippen MR) is 51.3 cm³/mol. The summed E-state index contributed by atoms with van der Waals surface area (Å²) in [5, 5.41) is 8.83. The highest BCUT2D eigenvalue weighted by Gasteiger charge is 2.31. The first-order chi connectivity index (χ1) is 7.13. The average Bonchev–Trinajstić information content (AvgIpc) is 2.56. The molecule has 1 aliphatic rings. The van der Waals surface area contributed by atoms with Crippen LogP contribution in [0.2, 0.25) is 0 Å². The summed E-state index contributed by atoms with van der Waals surface area (Å²) in [6, 6.07) is 2.93. The van der Waals surface area contributed by atoms with Crippen LogP contribution in [0.1, 0.15) is 10.4 Å². The van der Waals surface area contributed by atoms with Gasteiger partial charge in [0.25, 0.3) is 0 Å². The van der Waals surface area contributed by atoms with Crippen molar-refractivity contribution in [1.82, 2.24) is 0 Å². The molecule has 1 unspecified atom stereocenters. The van der Waals surface area contributed by atoms with Gasteiger partial charge >= 0.3 is 12.5 Å². The average molecular weight is 230 g/mol. The summed E-state index contributed by atoms with van der Waals surface area (Å²) >= 11 is 1.33. The first-order valence-electron chi connectivity index (χ1n) is 4.05. The molecule has 2 rings (SSSR count). The van der Waals surface area contributed by atoms with E-state index in [1.807, 2.05) is 0 Å². The van der Waals surface area contributed by atoms with Gasteiger partial charge in [0, 0.05) is 0 Å². The monoisotopic (exact) mass is 230 g/mol. The van der Waals surface area contributed by atoms with Crippen LogP contribution < -0.4 is 9.47 Å². The van der Waals surface area contributed by atoms with E-state index in [0.29, 0.717) is 4.90 Å². The zero-order chi connectivity index (χ0) is 11.0. The second-order valence-corrected chi connectivity index (χ2v) is 3.64. The van der Waals surface area contributed by atoms with Crippen molar-refractivity contribution in [2.24, 2.45) is 0 Å². The summed E-state index contributed by atoms with van der Waals surface area (Å²) in [6.45, 7) is -1.92. The normalized spacial score (nSPS) is 17.9. The number of fused-ring (bicyclic) bond motifs is 1. The van der Waals surface area contributed by atoms with E-state index in [4.69, 9.17) is 9.84 Å². The Morgan fingerprint density at radius 1 is 1.47 bits per heavy atom. The van der Waals surface area contributed by atoms with Gasteiger partial charge in [0.2, 0.25) is 0 Å². The lowest BCUT2D eigenvalue weighted by molar-refractivity contribution is -0.0662. The van der Waals surface area contributed by atoms with Crippen LogP contribution in [-0.4, -0.2) is 23.9 Å². The molecular formula is C9H7FO4S. The maximum absolute atomic E-state index is 12.8. The first-order valence-corrected chi connectivity index (χ1v) is 5.27. The third-order valence-electron chi connectivity index (χ3n) is 1.95. The third-order valence-corrected chi connectivity index (χ3v) is 2.71. The highest BCUT2D eigenvalue weighted by atomic mass is 32.2. The van der Waals surface area contributed by atoms with E-state index in [9.17, 15) is 9.18 Å². The fourth-order valence-corrected chi connectivity index (χ4v) is 1.84. The van der Waals surface area contributed by atoms with Gasteiger partial charge < -0.3 is 14.6 Å². The Kier molecular flexibility index (Phi) is 2.44. The summed E-state index contributed by atoms with van der Waals surface area (Å²) in [4.78, 5) is 11.5. The molecule has 6 heteroatoms. The van der Waals surface area contributed by atoms with E-state index in [0.717, 1.165) is 0 Å². The second kappa shape index (κ2) is 3.62. The van der Waals surface area contributed by atoms with Crippen LogP contribution in [0.5, 0.6) is 11.5 Å². The lowest BCUT2D eigenvalue weighted by Crippen LogP contribution is -2.10. The third kappa shape index (κ3) is 1.61. The molecule has 1 aromatic rings. The van der Waals surface area contributed by atoms with Gasteiger partial charge in [-0.2, -0.15) is 4.39 Å². The van der Waals surface area contributed by atoms with Crippen molar-refractivity contribution in [2.75, 3.05) is 6.26 Å². The van der Waals surface area contributed by atoms with E-state index in [1.165, 1.54) is 17.8 Å². The fraction of sp³-hybridized carbons (Fsp3) is 0.222. The highest BCUT2D eigenvalue weighted by molar-refractivity contribution is 7.98. The fourth-order valence-electron chi connectivity index (χ4n) is 1.31. The molecule has 0 fully saturated rings. The summed E-state index contributed by atoms with van der Waals surface area (Å²) in [7, 11) is 0. The molecule has 0 amide bonds. The molecule has 80 valence electrons. The van der Waals surface area contributed by atoms with Crippen LogP contribution >= 0.6 is 11.8 Å². The van der Waals surface area contributed by atoms with Gasteiger partial charge in [-0.3, -0.25) is 0 Å². The summed E-state index contributed by atoms with van der Waals surface area (Å²) in [5.41, 5.74) is -0.0945. The Morgan fingerprint density at radius 3 is 2.73 bits per heavy atom. The number of thioether (sulfide) groups is 1. The molecule has 0 aliphatic carbocycles. The Labute approximate surface area is 89.0 Å². The number of aromatic carboxylic acids is 1. The second-order valence-electron chi connectivity index (χ2n) is 2.79. The van der Waals surface area contributed by atoms with Crippen LogP contribution in [-0.2, 0) is 0 Å². The predicted octanol–water partition coefficient (Wildman–Crippen LogP) is 2.13. The molecule has 1 aromatic carbocycles. The van der Waals surface area contributed by atoms with Crippen molar-refractivity contribution in [3.8, 4) is 11.5 Å². The Balaban J connectivity index is 2.57. The van der Waals surface area contributed by atoms with Crippen LogP contribution in [0.25, 0.3) is 0 Å². The number of carbonyl (C=O) groups is 1. The molecule has 0 spiro atoms. The topological polar surface area (TPSA) is 55.8 Å². The maximum Gasteiger partial charge on any atom is 0.397 e. The van der Waals surface area contributed by atoms with Gasteiger partial charge in [-0.15, -0.1) is 11.8 Å². The number of benzene rings is 1. The van der Waals surface area contributed by atoms with Crippen molar-refractivity contribution < 1.29 is 23.8 Å². The van der Waals surface area contributed by atoms with Crippen molar-refractivity contribution in [1.29, 1.82) is 0 Å². The van der Waals surface area contributed by atoms with E-state index in [-0.39, 0.29) is 17.1 Å². The van der Waals surface area contributed by atoms with Gasteiger partial charge in [0.15, 0.2) is 11.5 Å². The number of halogens is 1. The number of hydrogen-bond donors (Lipinski definition) is 1. The number of ether oxygens (including phenoxy) is 2. The van der Waals surface area contributed by atoms with Crippen molar-refractivity contribution in [3.05, 3.63) is 17.7 Å². The molecular weight excluding hydrogens is 223 g/mol. The van der Waals surface area contributed by atoms with Gasteiger partial charge in [0.05, 0.1) is 4.90 Å². The largest absolute Gasteiger partial charge is 0.478 e. The molecule has 1 aliphatic heterocycles. The summed E-state index contributed by atoms with van der Waals surface area (Å²) in [6.07, 6.45) is 1.78. The van der Waals surface area contributed by atoms with Crippen molar-refractivity contribution >= 4 is 17.7 Å².